The molecule has 2 N–H and O–H groups in total. The number of aryl methyl sites for hydroxylation is 1. The highest BCUT2D eigenvalue weighted by Gasteiger charge is 2.20. The Morgan fingerprint density at radius 1 is 0.574 bits per heavy atom. The van der Waals surface area contributed by atoms with E-state index in [0.717, 1.165) is 75.3 Å². The minimum atomic E-state index is -1.29. The Kier molecular flexibility index (Phi) is 12.1. The molecule has 302 valence electrons. The summed E-state index contributed by atoms with van der Waals surface area (Å²) >= 11 is 0. The number of hydrogen-bond donors (Lipinski definition) is 2. The number of methoxy groups -OCH3 is 2. The van der Waals surface area contributed by atoms with Crippen molar-refractivity contribution in [3.8, 4) is 23.6 Å². The van der Waals surface area contributed by atoms with Crippen molar-refractivity contribution in [2.24, 2.45) is 0 Å². The van der Waals surface area contributed by atoms with Crippen LogP contribution in [0.5, 0.6) is 11.5 Å². The first kappa shape index (κ1) is 40.9. The van der Waals surface area contributed by atoms with Gasteiger partial charge in [0.1, 0.15) is 34.8 Å². The van der Waals surface area contributed by atoms with E-state index >= 15 is 0 Å². The van der Waals surface area contributed by atoms with Crippen LogP contribution in [0.15, 0.2) is 145 Å². The number of nitrogens with zero attached hydrogens (tertiary/aromatic N) is 5. The van der Waals surface area contributed by atoms with Crippen molar-refractivity contribution in [3.05, 3.63) is 156 Å². The van der Waals surface area contributed by atoms with Crippen LogP contribution >= 0.6 is 0 Å². The molecule has 1 heterocycles. The first-order valence-corrected chi connectivity index (χ1v) is 19.5. The monoisotopic (exact) mass is 807 g/mol. The molecule has 0 saturated heterocycles. The van der Waals surface area contributed by atoms with Crippen LogP contribution in [-0.4, -0.2) is 40.9 Å². The van der Waals surface area contributed by atoms with Crippen LogP contribution in [0.1, 0.15) is 30.9 Å². The van der Waals surface area contributed by atoms with Crippen molar-refractivity contribution in [1.82, 2.24) is 4.57 Å². The third kappa shape index (κ3) is 8.63. The van der Waals surface area contributed by atoms with Gasteiger partial charge in [0.2, 0.25) is 0 Å². The third-order valence-corrected chi connectivity index (χ3v) is 10.4. The number of ether oxygens (including phenoxy) is 2. The maximum atomic E-state index is 11.5. The molecule has 11 heteroatoms. The molecule has 0 aliphatic heterocycles. The zero-order valence-corrected chi connectivity index (χ0v) is 33.7. The number of rotatable bonds is 15. The highest BCUT2D eigenvalue weighted by molar-refractivity contribution is 6.11. The van der Waals surface area contributed by atoms with Gasteiger partial charge in [-0.15, -0.1) is 0 Å². The quantitative estimate of drug-likeness (QED) is 0.0756. The summed E-state index contributed by atoms with van der Waals surface area (Å²) in [6.07, 6.45) is 4.71. The molecule has 1 aromatic heterocycles. The van der Waals surface area contributed by atoms with Gasteiger partial charge in [0, 0.05) is 62.5 Å². The molecule has 0 amide bonds. The maximum Gasteiger partial charge on any atom is 0.346 e. The van der Waals surface area contributed by atoms with E-state index in [2.05, 4.69) is 57.7 Å². The smallest absolute Gasteiger partial charge is 0.346 e. The number of aromatic nitrogens is 1. The highest BCUT2D eigenvalue weighted by Crippen LogP contribution is 2.42. The van der Waals surface area contributed by atoms with E-state index in [9.17, 15) is 30.3 Å². The zero-order valence-electron chi connectivity index (χ0n) is 33.7. The van der Waals surface area contributed by atoms with Gasteiger partial charge in [-0.2, -0.15) is 10.5 Å². The summed E-state index contributed by atoms with van der Waals surface area (Å²) in [5.74, 6) is -1.15. The largest absolute Gasteiger partial charge is 0.497 e. The van der Waals surface area contributed by atoms with E-state index in [1.807, 2.05) is 72.8 Å². The Morgan fingerprint density at radius 3 is 1.23 bits per heavy atom. The third-order valence-electron chi connectivity index (χ3n) is 10.4. The average molecular weight is 808 g/mol. The molecule has 11 nitrogen and oxygen atoms in total. The molecule has 0 aliphatic rings. The number of unbranched alkanes of at least 4 members (excludes halogenated alkanes) is 1. The van der Waals surface area contributed by atoms with E-state index in [-0.39, 0.29) is 11.1 Å². The molecule has 0 fully saturated rings. The second kappa shape index (κ2) is 18.1. The van der Waals surface area contributed by atoms with Gasteiger partial charge in [0.25, 0.3) is 0 Å². The summed E-state index contributed by atoms with van der Waals surface area (Å²) in [5, 5.41) is 39.6. The van der Waals surface area contributed by atoms with Gasteiger partial charge in [-0.3, -0.25) is 0 Å². The van der Waals surface area contributed by atoms with Crippen LogP contribution in [0.3, 0.4) is 0 Å². The summed E-state index contributed by atoms with van der Waals surface area (Å²) in [4.78, 5) is 27.3. The van der Waals surface area contributed by atoms with Crippen LogP contribution in [0.4, 0.5) is 34.1 Å². The van der Waals surface area contributed by atoms with E-state index < -0.39 is 11.9 Å². The second-order valence-corrected chi connectivity index (χ2v) is 14.1. The van der Waals surface area contributed by atoms with Gasteiger partial charge >= 0.3 is 11.9 Å². The number of fused-ring (bicyclic) bond motifs is 3. The summed E-state index contributed by atoms with van der Waals surface area (Å²) in [6.45, 7) is 3.00. The van der Waals surface area contributed by atoms with E-state index in [1.54, 1.807) is 50.6 Å². The van der Waals surface area contributed by atoms with Gasteiger partial charge in [-0.1, -0.05) is 37.6 Å². The Labute approximate surface area is 353 Å². The molecule has 0 spiro atoms. The normalized spacial score (nSPS) is 11.5. The predicted molar refractivity (Wildman–Crippen MR) is 239 cm³/mol. The van der Waals surface area contributed by atoms with Gasteiger partial charge < -0.3 is 34.1 Å². The minimum absolute atomic E-state index is 0.353. The molecule has 0 atom stereocenters. The number of carboxylic acids is 2. The standard InChI is InChI=1S/C50H41N5O6/c1-4-5-26-53-47-24-18-41(54(39-14-20-43(60-2)21-15-39)37-10-6-33(7-11-37)27-35(31-51)49(56)57)29-45(47)46-30-42(19-25-48(46)53)55(40-16-22-44(61-3)23-17-40)38-12-8-34(9-13-38)28-36(32-52)50(58)59/h6-25,27-30H,4-5,26H2,1-3H3,(H,56,57)(H,58,59)/b35-27-,36-28-. The maximum absolute atomic E-state index is 11.5. The van der Waals surface area contributed by atoms with E-state index in [1.165, 1.54) is 12.2 Å². The lowest BCUT2D eigenvalue weighted by Gasteiger charge is -2.26. The molecule has 0 aliphatic carbocycles. The summed E-state index contributed by atoms with van der Waals surface area (Å²) in [6, 6.07) is 46.7. The molecule has 61 heavy (non-hydrogen) atoms. The number of aliphatic carboxylic acids is 2. The molecule has 0 saturated carbocycles. The average Bonchev–Trinajstić information content (AvgIpc) is 3.59. The number of anilines is 6. The fourth-order valence-corrected chi connectivity index (χ4v) is 7.33. The fraction of sp³-hybridized carbons (Fsp3) is 0.120. The highest BCUT2D eigenvalue weighted by atomic mass is 16.5. The Bertz CT molecular complexity index is 2690. The first-order chi connectivity index (χ1) is 29.7. The Morgan fingerprint density at radius 2 is 0.918 bits per heavy atom. The Hall–Kier alpha value is -8.28. The van der Waals surface area contributed by atoms with Crippen LogP contribution < -0.4 is 19.3 Å². The molecule has 0 radical (unpaired) electrons. The molecular weight excluding hydrogens is 767 g/mol. The van der Waals surface area contributed by atoms with Crippen LogP contribution in [0, 0.1) is 22.7 Å². The fourth-order valence-electron chi connectivity index (χ4n) is 7.33. The number of nitriles is 2. The van der Waals surface area contributed by atoms with Crippen molar-refractivity contribution < 1.29 is 29.3 Å². The van der Waals surface area contributed by atoms with Gasteiger partial charge in [0.05, 0.1) is 14.2 Å². The molecular formula is C50H41N5O6. The topological polar surface area (TPSA) is 152 Å². The lowest BCUT2D eigenvalue weighted by Crippen LogP contribution is -2.10. The van der Waals surface area contributed by atoms with E-state index in [4.69, 9.17) is 9.47 Å². The lowest BCUT2D eigenvalue weighted by molar-refractivity contribution is -0.133. The minimum Gasteiger partial charge on any atom is -0.497 e. The summed E-state index contributed by atoms with van der Waals surface area (Å²) < 4.78 is 13.3. The van der Waals surface area contributed by atoms with Crippen LogP contribution in [0.2, 0.25) is 0 Å². The predicted octanol–water partition coefficient (Wildman–Crippen LogP) is 11.5. The van der Waals surface area contributed by atoms with Crippen molar-refractivity contribution in [2.75, 3.05) is 24.0 Å². The molecule has 7 rings (SSSR count). The van der Waals surface area contributed by atoms with Crippen LogP contribution in [0.25, 0.3) is 34.0 Å². The summed E-state index contributed by atoms with van der Waals surface area (Å²) in [5.41, 5.74) is 7.77. The number of benzene rings is 6. The summed E-state index contributed by atoms with van der Waals surface area (Å²) in [7, 11) is 3.25. The van der Waals surface area contributed by atoms with Gasteiger partial charge in [0.15, 0.2) is 0 Å². The van der Waals surface area contributed by atoms with E-state index in [0.29, 0.717) is 22.6 Å². The second-order valence-electron chi connectivity index (χ2n) is 14.1. The molecule has 0 unspecified atom stereocenters. The van der Waals surface area contributed by atoms with Crippen molar-refractivity contribution >= 4 is 80.0 Å². The van der Waals surface area contributed by atoms with Gasteiger partial charge in [-0.05, 0) is 139 Å². The van der Waals surface area contributed by atoms with Crippen molar-refractivity contribution in [1.29, 1.82) is 10.5 Å². The zero-order chi connectivity index (χ0) is 43.0. The lowest BCUT2D eigenvalue weighted by atomic mass is 10.1. The van der Waals surface area contributed by atoms with Gasteiger partial charge in [-0.25, -0.2) is 9.59 Å². The Balaban J connectivity index is 1.41. The first-order valence-electron chi connectivity index (χ1n) is 19.5. The molecule has 7 aromatic rings. The van der Waals surface area contributed by atoms with Crippen LogP contribution in [-0.2, 0) is 16.1 Å². The molecule has 0 bridgehead atoms. The number of carbonyl (C=O) groups is 2. The number of carboxylic acid groups (broad SMARTS) is 2. The number of hydrogen-bond acceptors (Lipinski definition) is 8. The molecule has 6 aromatic carbocycles. The SMILES string of the molecule is CCCCn1c2ccc(N(c3ccc(/C=C(/C#N)C(=O)O)cc3)c3ccc(OC)cc3)cc2c2cc(N(c3ccc(/C=C(/C#N)C(=O)O)cc3)c3ccc(OC)cc3)ccc21. The van der Waals surface area contributed by atoms with Crippen molar-refractivity contribution in [3.63, 3.8) is 0 Å². The van der Waals surface area contributed by atoms with Crippen molar-refractivity contribution in [2.45, 2.75) is 26.3 Å².